The average Bonchev–Trinajstić information content (AvgIpc) is 2.86. The van der Waals surface area contributed by atoms with Crippen molar-refractivity contribution in [1.82, 2.24) is 5.32 Å². The number of amides is 1. The number of carbonyl (C=O) groups is 2. The van der Waals surface area contributed by atoms with Crippen LogP contribution in [0, 0.1) is 0 Å². The number of aryl methyl sites for hydroxylation is 2. The predicted molar refractivity (Wildman–Crippen MR) is 94.7 cm³/mol. The molecular formula is C20H29NO3. The van der Waals surface area contributed by atoms with Crippen LogP contribution in [-0.2, 0) is 27.2 Å². The van der Waals surface area contributed by atoms with E-state index >= 15 is 0 Å². The smallest absolute Gasteiger partial charge is 0.331 e. The Hall–Kier alpha value is -1.84. The van der Waals surface area contributed by atoms with Gasteiger partial charge in [0, 0.05) is 6.42 Å². The molecule has 0 saturated heterocycles. The Labute approximate surface area is 145 Å². The van der Waals surface area contributed by atoms with Gasteiger partial charge in [0.25, 0.3) is 0 Å². The van der Waals surface area contributed by atoms with Gasteiger partial charge >= 0.3 is 5.97 Å². The summed E-state index contributed by atoms with van der Waals surface area (Å²) in [4.78, 5) is 24.7. The van der Waals surface area contributed by atoms with E-state index in [-0.39, 0.29) is 11.9 Å². The molecule has 1 aliphatic carbocycles. The number of hydrogen-bond donors (Lipinski definition) is 1. The fraction of sp³-hybridized carbons (Fsp3) is 0.600. The van der Waals surface area contributed by atoms with E-state index in [0.717, 1.165) is 37.7 Å². The molecule has 0 aromatic heterocycles. The van der Waals surface area contributed by atoms with Crippen LogP contribution in [0.5, 0.6) is 0 Å². The fourth-order valence-electron chi connectivity index (χ4n) is 3.44. The summed E-state index contributed by atoms with van der Waals surface area (Å²) in [5, 5.41) is 3.00. The zero-order chi connectivity index (χ0) is 17.4. The highest BCUT2D eigenvalue weighted by Gasteiger charge is 2.40. The van der Waals surface area contributed by atoms with Crippen LogP contribution in [0.2, 0.25) is 0 Å². The Morgan fingerprint density at radius 1 is 1.04 bits per heavy atom. The highest BCUT2D eigenvalue weighted by molar-refractivity contribution is 5.88. The van der Waals surface area contributed by atoms with Crippen molar-refractivity contribution >= 4 is 11.9 Å². The zero-order valence-electron chi connectivity index (χ0n) is 14.9. The Morgan fingerprint density at radius 2 is 1.62 bits per heavy atom. The van der Waals surface area contributed by atoms with Crippen molar-refractivity contribution in [2.75, 3.05) is 7.11 Å². The van der Waals surface area contributed by atoms with Crippen molar-refractivity contribution in [3.05, 3.63) is 35.4 Å². The lowest BCUT2D eigenvalue weighted by molar-refractivity contribution is -0.151. The van der Waals surface area contributed by atoms with Crippen molar-refractivity contribution in [3.8, 4) is 0 Å². The van der Waals surface area contributed by atoms with Crippen LogP contribution in [0.25, 0.3) is 0 Å². The zero-order valence-corrected chi connectivity index (χ0v) is 14.9. The third kappa shape index (κ3) is 4.83. The van der Waals surface area contributed by atoms with E-state index in [1.54, 1.807) is 0 Å². The van der Waals surface area contributed by atoms with Crippen LogP contribution in [0.4, 0.5) is 0 Å². The molecule has 0 heterocycles. The summed E-state index contributed by atoms with van der Waals surface area (Å²) in [7, 11) is 1.40. The van der Waals surface area contributed by atoms with Gasteiger partial charge < -0.3 is 10.1 Å². The van der Waals surface area contributed by atoms with Gasteiger partial charge in [-0.2, -0.15) is 0 Å². The monoisotopic (exact) mass is 331 g/mol. The first-order valence-corrected chi connectivity index (χ1v) is 9.07. The second kappa shape index (κ2) is 8.86. The van der Waals surface area contributed by atoms with E-state index in [4.69, 9.17) is 4.74 Å². The molecule has 4 heteroatoms. The van der Waals surface area contributed by atoms with Crippen LogP contribution in [0.1, 0.15) is 63.0 Å². The van der Waals surface area contributed by atoms with Gasteiger partial charge in [-0.15, -0.1) is 0 Å². The van der Waals surface area contributed by atoms with Crippen LogP contribution in [0.15, 0.2) is 24.3 Å². The van der Waals surface area contributed by atoms with Crippen molar-refractivity contribution in [3.63, 3.8) is 0 Å². The molecular weight excluding hydrogens is 302 g/mol. The molecule has 132 valence electrons. The van der Waals surface area contributed by atoms with Gasteiger partial charge in [0.1, 0.15) is 5.54 Å². The second-order valence-electron chi connectivity index (χ2n) is 6.71. The first kappa shape index (κ1) is 18.5. The maximum Gasteiger partial charge on any atom is 0.331 e. The van der Waals surface area contributed by atoms with E-state index in [0.29, 0.717) is 25.7 Å². The quantitative estimate of drug-likeness (QED) is 0.640. The minimum Gasteiger partial charge on any atom is -0.467 e. The summed E-state index contributed by atoms with van der Waals surface area (Å²) >= 11 is 0. The predicted octanol–water partition coefficient (Wildman–Crippen LogP) is 3.56. The van der Waals surface area contributed by atoms with E-state index in [1.165, 1.54) is 12.7 Å². The van der Waals surface area contributed by atoms with Gasteiger partial charge in [-0.25, -0.2) is 4.79 Å². The Morgan fingerprint density at radius 3 is 2.17 bits per heavy atom. The Balaban J connectivity index is 1.95. The van der Waals surface area contributed by atoms with Crippen LogP contribution >= 0.6 is 0 Å². The average molecular weight is 331 g/mol. The molecule has 0 aliphatic heterocycles. The molecule has 2 rings (SSSR count). The van der Waals surface area contributed by atoms with E-state index in [9.17, 15) is 9.59 Å². The highest BCUT2D eigenvalue weighted by atomic mass is 16.5. The number of benzene rings is 1. The van der Waals surface area contributed by atoms with E-state index < -0.39 is 5.54 Å². The number of carbonyl (C=O) groups excluding carboxylic acids is 2. The summed E-state index contributed by atoms with van der Waals surface area (Å²) in [5.41, 5.74) is 1.62. The second-order valence-corrected chi connectivity index (χ2v) is 6.71. The largest absolute Gasteiger partial charge is 0.467 e. The first-order chi connectivity index (χ1) is 11.6. The fourth-order valence-corrected chi connectivity index (χ4v) is 3.44. The maximum atomic E-state index is 12.4. The van der Waals surface area contributed by atoms with E-state index in [1.807, 2.05) is 0 Å². The van der Waals surface area contributed by atoms with Gasteiger partial charge in [-0.3, -0.25) is 4.79 Å². The number of esters is 1. The molecule has 0 unspecified atom stereocenters. The molecule has 1 N–H and O–H groups in total. The SMILES string of the molecule is CCc1ccc(CCC(=O)NC2(C(=O)OC)CCCCCC2)cc1. The third-order valence-electron chi connectivity index (χ3n) is 4.98. The molecule has 0 atom stereocenters. The number of ether oxygens (including phenoxy) is 1. The molecule has 1 aromatic rings. The van der Waals surface area contributed by atoms with Crippen LogP contribution < -0.4 is 5.32 Å². The molecule has 0 spiro atoms. The molecule has 1 saturated carbocycles. The van der Waals surface area contributed by atoms with Gasteiger partial charge in [-0.1, -0.05) is 56.9 Å². The Kier molecular flexibility index (Phi) is 6.83. The summed E-state index contributed by atoms with van der Waals surface area (Å²) in [6.45, 7) is 2.13. The lowest BCUT2D eigenvalue weighted by atomic mass is 9.89. The van der Waals surface area contributed by atoms with Gasteiger partial charge in [0.05, 0.1) is 7.11 Å². The summed E-state index contributed by atoms with van der Waals surface area (Å²) < 4.78 is 4.98. The Bertz CT molecular complexity index is 543. The third-order valence-corrected chi connectivity index (χ3v) is 4.98. The van der Waals surface area contributed by atoms with Crippen molar-refractivity contribution < 1.29 is 14.3 Å². The summed E-state index contributed by atoms with van der Waals surface area (Å²) in [5.74, 6) is -0.369. The number of methoxy groups -OCH3 is 1. The lowest BCUT2D eigenvalue weighted by Gasteiger charge is -2.31. The lowest BCUT2D eigenvalue weighted by Crippen LogP contribution is -2.54. The van der Waals surface area contributed by atoms with Gasteiger partial charge in [0.15, 0.2) is 0 Å². The van der Waals surface area contributed by atoms with Gasteiger partial charge in [0.2, 0.25) is 5.91 Å². The standard InChI is InChI=1S/C20H29NO3/c1-3-16-8-10-17(11-9-16)12-13-18(22)21-20(19(23)24-2)14-6-4-5-7-15-20/h8-11H,3-7,12-15H2,1-2H3,(H,21,22). The summed E-state index contributed by atoms with van der Waals surface area (Å²) in [6, 6.07) is 8.37. The van der Waals surface area contributed by atoms with Crippen molar-refractivity contribution in [1.29, 1.82) is 0 Å². The number of hydrogen-bond acceptors (Lipinski definition) is 3. The highest BCUT2D eigenvalue weighted by Crippen LogP contribution is 2.28. The minimum atomic E-state index is -0.825. The number of nitrogens with one attached hydrogen (secondary N) is 1. The van der Waals surface area contributed by atoms with Crippen molar-refractivity contribution in [2.24, 2.45) is 0 Å². The molecule has 1 aliphatic rings. The van der Waals surface area contributed by atoms with Crippen LogP contribution in [0.3, 0.4) is 0 Å². The van der Waals surface area contributed by atoms with Crippen molar-refractivity contribution in [2.45, 2.75) is 70.3 Å². The minimum absolute atomic E-state index is 0.0677. The molecule has 0 radical (unpaired) electrons. The first-order valence-electron chi connectivity index (χ1n) is 9.07. The number of rotatable bonds is 6. The molecule has 0 bridgehead atoms. The molecule has 1 fully saturated rings. The van der Waals surface area contributed by atoms with Gasteiger partial charge in [-0.05, 0) is 36.8 Å². The summed E-state index contributed by atoms with van der Waals surface area (Å²) in [6.07, 6.45) is 7.57. The van der Waals surface area contributed by atoms with Crippen LogP contribution in [-0.4, -0.2) is 24.5 Å². The normalized spacial score (nSPS) is 16.9. The molecule has 24 heavy (non-hydrogen) atoms. The van der Waals surface area contributed by atoms with E-state index in [2.05, 4.69) is 36.5 Å². The molecule has 1 amide bonds. The topological polar surface area (TPSA) is 55.4 Å². The molecule has 1 aromatic carbocycles. The maximum absolute atomic E-state index is 12.4. The molecule has 4 nitrogen and oxygen atoms in total.